The highest BCUT2D eigenvalue weighted by Gasteiger charge is 2.38. The van der Waals surface area contributed by atoms with Gasteiger partial charge in [-0.1, -0.05) is 30.3 Å². The number of hydrogen-bond acceptors (Lipinski definition) is 3. The molecule has 3 nitrogen and oxygen atoms in total. The number of nitrogen functional groups attached to an aromatic ring is 1. The molecule has 0 aromatic heterocycles. The summed E-state index contributed by atoms with van der Waals surface area (Å²) in [6.07, 6.45) is 1.06. The molecule has 1 fully saturated rings. The first kappa shape index (κ1) is 12.8. The summed E-state index contributed by atoms with van der Waals surface area (Å²) in [4.78, 5) is 0. The number of methoxy groups -OCH3 is 1. The molecule has 0 saturated heterocycles. The van der Waals surface area contributed by atoms with E-state index in [0.717, 1.165) is 12.1 Å². The van der Waals surface area contributed by atoms with Crippen molar-refractivity contribution >= 4 is 11.4 Å². The highest BCUT2D eigenvalue weighted by Crippen LogP contribution is 2.44. The molecule has 0 spiro atoms. The zero-order valence-electron chi connectivity index (χ0n) is 11.3. The Balaban J connectivity index is 1.74. The average molecular weight is 272 g/mol. The van der Waals surface area contributed by atoms with Gasteiger partial charge in [-0.25, -0.2) is 4.39 Å². The first-order chi connectivity index (χ1) is 9.69. The van der Waals surface area contributed by atoms with Crippen molar-refractivity contribution in [3.63, 3.8) is 0 Å². The van der Waals surface area contributed by atoms with Crippen molar-refractivity contribution in [1.29, 1.82) is 0 Å². The second-order valence-corrected chi connectivity index (χ2v) is 5.08. The Morgan fingerprint density at radius 1 is 1.25 bits per heavy atom. The van der Waals surface area contributed by atoms with Crippen LogP contribution in [-0.4, -0.2) is 13.2 Å². The van der Waals surface area contributed by atoms with Gasteiger partial charge in [0.25, 0.3) is 0 Å². The fourth-order valence-electron chi connectivity index (χ4n) is 2.47. The Morgan fingerprint density at radius 2 is 2.00 bits per heavy atom. The highest BCUT2D eigenvalue weighted by atomic mass is 19.1. The summed E-state index contributed by atoms with van der Waals surface area (Å²) in [5, 5.41) is 3.36. The number of hydrogen-bond donors (Lipinski definition) is 2. The summed E-state index contributed by atoms with van der Waals surface area (Å²) in [5.74, 6) is 0.260. The molecule has 2 aromatic rings. The van der Waals surface area contributed by atoms with Gasteiger partial charge in [0, 0.05) is 24.1 Å². The van der Waals surface area contributed by atoms with Crippen molar-refractivity contribution in [1.82, 2.24) is 0 Å². The van der Waals surface area contributed by atoms with E-state index < -0.39 is 5.82 Å². The van der Waals surface area contributed by atoms with Crippen molar-refractivity contribution in [2.45, 2.75) is 18.4 Å². The SMILES string of the molecule is COc1cc(NC2CC2c2ccccc2)c(N)cc1F. The van der Waals surface area contributed by atoms with Crippen LogP contribution in [0.2, 0.25) is 0 Å². The summed E-state index contributed by atoms with van der Waals surface area (Å²) < 4.78 is 18.5. The Morgan fingerprint density at radius 3 is 2.70 bits per heavy atom. The predicted molar refractivity (Wildman–Crippen MR) is 78.6 cm³/mol. The van der Waals surface area contributed by atoms with Gasteiger partial charge in [-0.05, 0) is 12.0 Å². The first-order valence-corrected chi connectivity index (χ1v) is 6.63. The maximum Gasteiger partial charge on any atom is 0.167 e. The van der Waals surface area contributed by atoms with Crippen molar-refractivity contribution < 1.29 is 9.13 Å². The number of nitrogens with one attached hydrogen (secondary N) is 1. The van der Waals surface area contributed by atoms with Crippen LogP contribution in [0.5, 0.6) is 5.75 Å². The maximum absolute atomic E-state index is 13.5. The smallest absolute Gasteiger partial charge is 0.167 e. The molecule has 1 aliphatic rings. The van der Waals surface area contributed by atoms with Crippen molar-refractivity contribution in [3.8, 4) is 5.75 Å². The van der Waals surface area contributed by atoms with Crippen molar-refractivity contribution in [2.24, 2.45) is 0 Å². The van der Waals surface area contributed by atoms with Gasteiger partial charge in [-0.15, -0.1) is 0 Å². The lowest BCUT2D eigenvalue weighted by Crippen LogP contribution is -2.07. The van der Waals surface area contributed by atoms with Crippen LogP contribution in [0, 0.1) is 5.82 Å². The number of ether oxygens (including phenoxy) is 1. The zero-order chi connectivity index (χ0) is 14.1. The Bertz CT molecular complexity index is 615. The molecule has 20 heavy (non-hydrogen) atoms. The zero-order valence-corrected chi connectivity index (χ0v) is 11.3. The highest BCUT2D eigenvalue weighted by molar-refractivity contribution is 5.69. The normalized spacial score (nSPS) is 20.5. The second kappa shape index (κ2) is 5.04. The third kappa shape index (κ3) is 2.41. The maximum atomic E-state index is 13.5. The molecule has 4 heteroatoms. The molecule has 1 aliphatic carbocycles. The summed E-state index contributed by atoms with van der Waals surface area (Å²) in [6, 6.07) is 13.6. The number of nitrogens with two attached hydrogens (primary N) is 1. The Labute approximate surface area is 117 Å². The standard InChI is InChI=1S/C16H17FN2O/c1-20-16-9-15(13(18)8-12(16)17)19-14-7-11(14)10-5-3-2-4-6-10/h2-6,8-9,11,14,19H,7,18H2,1H3. The molecule has 0 aliphatic heterocycles. The van der Waals surface area contributed by atoms with Crippen LogP contribution < -0.4 is 15.8 Å². The van der Waals surface area contributed by atoms with Crippen LogP contribution >= 0.6 is 0 Å². The first-order valence-electron chi connectivity index (χ1n) is 6.63. The van der Waals surface area contributed by atoms with E-state index in [2.05, 4.69) is 17.4 Å². The largest absolute Gasteiger partial charge is 0.494 e. The van der Waals surface area contributed by atoms with Gasteiger partial charge < -0.3 is 15.8 Å². The van der Waals surface area contributed by atoms with Gasteiger partial charge in [-0.3, -0.25) is 0 Å². The lowest BCUT2D eigenvalue weighted by Gasteiger charge is -2.12. The monoisotopic (exact) mass is 272 g/mol. The van der Waals surface area contributed by atoms with Gasteiger partial charge >= 0.3 is 0 Å². The molecule has 2 atom stereocenters. The van der Waals surface area contributed by atoms with E-state index in [4.69, 9.17) is 10.5 Å². The lowest BCUT2D eigenvalue weighted by molar-refractivity contribution is 0.387. The van der Waals surface area contributed by atoms with Crippen LogP contribution in [-0.2, 0) is 0 Å². The summed E-state index contributed by atoms with van der Waals surface area (Å²) in [7, 11) is 1.45. The van der Waals surface area contributed by atoms with E-state index in [1.54, 1.807) is 6.07 Å². The number of benzene rings is 2. The van der Waals surface area contributed by atoms with Gasteiger partial charge in [0.05, 0.1) is 18.5 Å². The van der Waals surface area contributed by atoms with Crippen LogP contribution in [0.15, 0.2) is 42.5 Å². The fraction of sp³-hybridized carbons (Fsp3) is 0.250. The second-order valence-electron chi connectivity index (χ2n) is 5.08. The molecular formula is C16H17FN2O. The Kier molecular flexibility index (Phi) is 3.22. The molecule has 1 saturated carbocycles. The van der Waals surface area contributed by atoms with E-state index in [-0.39, 0.29) is 5.75 Å². The third-order valence-electron chi connectivity index (χ3n) is 3.68. The molecule has 104 valence electrons. The van der Waals surface area contributed by atoms with Gasteiger partial charge in [0.1, 0.15) is 0 Å². The van der Waals surface area contributed by atoms with Crippen LogP contribution in [0.25, 0.3) is 0 Å². The molecule has 2 unspecified atom stereocenters. The molecule has 3 N–H and O–H groups in total. The van der Waals surface area contributed by atoms with Crippen LogP contribution in [0.4, 0.5) is 15.8 Å². The minimum Gasteiger partial charge on any atom is -0.494 e. The predicted octanol–water partition coefficient (Wildman–Crippen LogP) is 3.38. The van der Waals surface area contributed by atoms with Crippen molar-refractivity contribution in [2.75, 3.05) is 18.2 Å². The number of anilines is 2. The summed E-state index contributed by atoms with van der Waals surface area (Å²) in [5.41, 5.74) is 8.30. The summed E-state index contributed by atoms with van der Waals surface area (Å²) in [6.45, 7) is 0. The van der Waals surface area contributed by atoms with Crippen LogP contribution in [0.1, 0.15) is 17.9 Å². The molecular weight excluding hydrogens is 255 g/mol. The third-order valence-corrected chi connectivity index (χ3v) is 3.68. The molecule has 0 radical (unpaired) electrons. The topological polar surface area (TPSA) is 47.3 Å². The fourth-order valence-corrected chi connectivity index (χ4v) is 2.47. The Hall–Kier alpha value is -2.23. The number of rotatable bonds is 4. The molecule has 2 aromatic carbocycles. The molecule has 0 heterocycles. The van der Waals surface area contributed by atoms with Gasteiger partial charge in [-0.2, -0.15) is 0 Å². The van der Waals surface area contributed by atoms with Gasteiger partial charge in [0.15, 0.2) is 11.6 Å². The average Bonchev–Trinajstić information content (AvgIpc) is 3.22. The minimum atomic E-state index is -0.439. The van der Waals surface area contributed by atoms with Crippen molar-refractivity contribution in [3.05, 3.63) is 53.8 Å². The molecule has 0 amide bonds. The minimum absolute atomic E-state index is 0.207. The van der Waals surface area contributed by atoms with E-state index in [1.807, 2.05) is 18.2 Å². The van der Waals surface area contributed by atoms with Gasteiger partial charge in [0.2, 0.25) is 0 Å². The van der Waals surface area contributed by atoms with E-state index in [0.29, 0.717) is 17.6 Å². The summed E-state index contributed by atoms with van der Waals surface area (Å²) >= 11 is 0. The molecule has 0 bridgehead atoms. The lowest BCUT2D eigenvalue weighted by atomic mass is 10.1. The quantitative estimate of drug-likeness (QED) is 0.839. The van der Waals surface area contributed by atoms with E-state index in [9.17, 15) is 4.39 Å². The van der Waals surface area contributed by atoms with E-state index in [1.165, 1.54) is 18.7 Å². The van der Waals surface area contributed by atoms with E-state index >= 15 is 0 Å². The number of halogens is 1. The van der Waals surface area contributed by atoms with Crippen LogP contribution in [0.3, 0.4) is 0 Å². The molecule has 3 rings (SSSR count).